The molecule has 92 valence electrons. The van der Waals surface area contributed by atoms with Crippen LogP contribution in [0.25, 0.3) is 0 Å². The number of hydrogen-bond acceptors (Lipinski definition) is 4. The van der Waals surface area contributed by atoms with Gasteiger partial charge in [-0.1, -0.05) is 26.7 Å². The van der Waals surface area contributed by atoms with Crippen LogP contribution in [0.15, 0.2) is 0 Å². The molecule has 0 aromatic carbocycles. The maximum absolute atomic E-state index is 10.6. The summed E-state index contributed by atoms with van der Waals surface area (Å²) in [6.07, 6.45) is 2.35. The van der Waals surface area contributed by atoms with Gasteiger partial charge in [0.05, 0.1) is 13.2 Å². The van der Waals surface area contributed by atoms with Crippen molar-refractivity contribution in [1.82, 2.24) is 0 Å². The molecule has 0 fully saturated rings. The Kier molecular flexibility index (Phi) is 23.0. The van der Waals surface area contributed by atoms with Crippen LogP contribution in [-0.2, 0) is 19.1 Å². The van der Waals surface area contributed by atoms with Crippen LogP contribution in [0.3, 0.4) is 0 Å². The number of hydrogen-bond donors (Lipinski definition) is 0. The molecule has 0 bridgehead atoms. The second-order valence-corrected chi connectivity index (χ2v) is 2.79. The van der Waals surface area contributed by atoms with Gasteiger partial charge in [-0.15, -0.1) is 0 Å². The number of esters is 2. The van der Waals surface area contributed by atoms with Crippen LogP contribution in [0.4, 0.5) is 0 Å². The standard InChI is InChI=1S/C7H12O4.C4H10.Na.H/c1-3-10-6(8)5-7(9)11-4-2;1-3-4-2;;/h3-5H2,1-2H3;3-4H2,1-2H3;;. The number of rotatable bonds is 5. The first-order chi connectivity index (χ1) is 7.12. The summed E-state index contributed by atoms with van der Waals surface area (Å²) < 4.78 is 9.04. The molecule has 0 aromatic heterocycles. The van der Waals surface area contributed by atoms with E-state index in [1.54, 1.807) is 13.8 Å². The molecule has 0 spiro atoms. The number of carbonyl (C=O) groups excluding carboxylic acids is 2. The van der Waals surface area contributed by atoms with E-state index in [0.29, 0.717) is 0 Å². The average Bonchev–Trinajstić information content (AvgIpc) is 2.18. The van der Waals surface area contributed by atoms with Gasteiger partial charge in [-0.25, -0.2) is 0 Å². The minimum absolute atomic E-state index is 0. The van der Waals surface area contributed by atoms with Gasteiger partial charge in [0.1, 0.15) is 6.42 Å². The zero-order chi connectivity index (χ0) is 12.1. The zero-order valence-corrected chi connectivity index (χ0v) is 10.2. The normalized spacial score (nSPS) is 8.00. The van der Waals surface area contributed by atoms with Gasteiger partial charge in [0.2, 0.25) is 0 Å². The molecule has 0 aromatic rings. The summed E-state index contributed by atoms with van der Waals surface area (Å²) in [5.41, 5.74) is 0. The monoisotopic (exact) mass is 242 g/mol. The molecule has 0 N–H and O–H groups in total. The van der Waals surface area contributed by atoms with Crippen molar-refractivity contribution in [3.63, 3.8) is 0 Å². The molecule has 0 saturated carbocycles. The summed E-state index contributed by atoms with van der Waals surface area (Å²) in [4.78, 5) is 21.2. The Morgan fingerprint density at radius 3 is 1.31 bits per heavy atom. The Morgan fingerprint density at radius 1 is 0.812 bits per heavy atom. The Bertz CT molecular complexity index is 153. The van der Waals surface area contributed by atoms with E-state index in [1.165, 1.54) is 12.8 Å². The van der Waals surface area contributed by atoms with E-state index in [4.69, 9.17) is 0 Å². The first-order valence-corrected chi connectivity index (χ1v) is 5.43. The number of unbranched alkanes of at least 4 members (excludes halogenated alkanes) is 1. The summed E-state index contributed by atoms with van der Waals surface area (Å²) in [7, 11) is 0. The molecule has 0 aliphatic rings. The van der Waals surface area contributed by atoms with Crippen LogP contribution in [-0.4, -0.2) is 54.7 Å². The molecule has 4 nitrogen and oxygen atoms in total. The second-order valence-electron chi connectivity index (χ2n) is 2.79. The fourth-order valence-electron chi connectivity index (χ4n) is 0.542. The molecule has 0 rings (SSSR count). The van der Waals surface area contributed by atoms with Crippen molar-refractivity contribution in [2.24, 2.45) is 0 Å². The first-order valence-electron chi connectivity index (χ1n) is 5.43. The number of ether oxygens (including phenoxy) is 2. The van der Waals surface area contributed by atoms with Crippen molar-refractivity contribution >= 4 is 41.5 Å². The van der Waals surface area contributed by atoms with Gasteiger partial charge in [-0.3, -0.25) is 9.59 Å². The van der Waals surface area contributed by atoms with Crippen LogP contribution in [0.1, 0.15) is 47.0 Å². The van der Waals surface area contributed by atoms with Gasteiger partial charge in [-0.2, -0.15) is 0 Å². The minimum atomic E-state index is -0.536. The van der Waals surface area contributed by atoms with E-state index in [9.17, 15) is 9.59 Å². The van der Waals surface area contributed by atoms with Crippen LogP contribution >= 0.6 is 0 Å². The summed E-state index contributed by atoms with van der Waals surface area (Å²) in [5, 5.41) is 0. The summed E-state index contributed by atoms with van der Waals surface area (Å²) in [6, 6.07) is 0. The molecule has 0 heterocycles. The molecule has 5 heteroatoms. The van der Waals surface area contributed by atoms with E-state index in [1.807, 2.05) is 0 Å². The van der Waals surface area contributed by atoms with Gasteiger partial charge < -0.3 is 9.47 Å². The number of carbonyl (C=O) groups is 2. The first kappa shape index (κ1) is 21.2. The van der Waals surface area contributed by atoms with Crippen molar-refractivity contribution in [1.29, 1.82) is 0 Å². The predicted molar refractivity (Wildman–Crippen MR) is 65.6 cm³/mol. The third kappa shape index (κ3) is 19.5. The van der Waals surface area contributed by atoms with Crippen molar-refractivity contribution in [2.75, 3.05) is 13.2 Å². The van der Waals surface area contributed by atoms with Crippen LogP contribution in [0.5, 0.6) is 0 Å². The topological polar surface area (TPSA) is 52.6 Å². The third-order valence-corrected chi connectivity index (χ3v) is 1.40. The van der Waals surface area contributed by atoms with E-state index >= 15 is 0 Å². The Balaban J connectivity index is -0.000000292. The van der Waals surface area contributed by atoms with E-state index in [-0.39, 0.29) is 49.2 Å². The van der Waals surface area contributed by atoms with Gasteiger partial charge in [0.25, 0.3) is 0 Å². The van der Waals surface area contributed by atoms with Crippen molar-refractivity contribution < 1.29 is 19.1 Å². The Labute approximate surface area is 120 Å². The summed E-state index contributed by atoms with van der Waals surface area (Å²) in [5.74, 6) is -1.07. The molecule has 0 saturated heterocycles. The van der Waals surface area contributed by atoms with Crippen LogP contribution in [0, 0.1) is 0 Å². The van der Waals surface area contributed by atoms with Crippen molar-refractivity contribution in [2.45, 2.75) is 47.0 Å². The second kappa shape index (κ2) is 17.3. The van der Waals surface area contributed by atoms with E-state index in [2.05, 4.69) is 23.3 Å². The molecular weight excluding hydrogens is 219 g/mol. The molecule has 0 amide bonds. The summed E-state index contributed by atoms with van der Waals surface area (Å²) in [6.45, 7) is 8.31. The fourth-order valence-corrected chi connectivity index (χ4v) is 0.542. The molecule has 16 heavy (non-hydrogen) atoms. The zero-order valence-electron chi connectivity index (χ0n) is 10.2. The molecular formula is C11H23NaO4. The molecule has 0 unspecified atom stereocenters. The van der Waals surface area contributed by atoms with E-state index < -0.39 is 11.9 Å². The predicted octanol–water partition coefficient (Wildman–Crippen LogP) is 1.66. The maximum atomic E-state index is 10.6. The van der Waals surface area contributed by atoms with Gasteiger partial charge in [0.15, 0.2) is 0 Å². The molecule has 0 aliphatic heterocycles. The third-order valence-electron chi connectivity index (χ3n) is 1.40. The van der Waals surface area contributed by atoms with E-state index in [0.717, 1.165) is 0 Å². The quantitative estimate of drug-likeness (QED) is 0.418. The Hall–Kier alpha value is -0.0600. The molecule has 0 aliphatic carbocycles. The average molecular weight is 242 g/mol. The van der Waals surface area contributed by atoms with Crippen molar-refractivity contribution in [3.05, 3.63) is 0 Å². The van der Waals surface area contributed by atoms with Gasteiger partial charge in [-0.05, 0) is 13.8 Å². The van der Waals surface area contributed by atoms with Crippen molar-refractivity contribution in [3.8, 4) is 0 Å². The molecule has 0 atom stereocenters. The SMILES string of the molecule is CCCC.CCOC(=O)CC(=O)OCC.[NaH]. The van der Waals surface area contributed by atoms with Crippen LogP contribution in [0.2, 0.25) is 0 Å². The Morgan fingerprint density at radius 2 is 1.12 bits per heavy atom. The summed E-state index contributed by atoms with van der Waals surface area (Å²) >= 11 is 0. The van der Waals surface area contributed by atoms with Gasteiger partial charge >= 0.3 is 41.5 Å². The fraction of sp³-hybridized carbons (Fsp3) is 0.818. The molecule has 0 radical (unpaired) electrons. The van der Waals surface area contributed by atoms with Gasteiger partial charge in [0, 0.05) is 0 Å². The van der Waals surface area contributed by atoms with Crippen LogP contribution < -0.4 is 0 Å².